The molecule has 0 amide bonds. The van der Waals surface area contributed by atoms with Gasteiger partial charge in [0.25, 0.3) is 0 Å². The lowest BCUT2D eigenvalue weighted by Gasteiger charge is -2.10. The van der Waals surface area contributed by atoms with Gasteiger partial charge in [-0.2, -0.15) is 0 Å². The van der Waals surface area contributed by atoms with Crippen LogP contribution in [0.2, 0.25) is 0 Å². The van der Waals surface area contributed by atoms with E-state index in [4.69, 9.17) is 10.7 Å². The number of nitrogens with two attached hydrogens (primary N) is 1. The predicted octanol–water partition coefficient (Wildman–Crippen LogP) is 4.59. The van der Waals surface area contributed by atoms with E-state index in [0.717, 1.165) is 34.0 Å². The minimum absolute atomic E-state index is 0.497. The average molecular weight is 342 g/mol. The Bertz CT molecular complexity index is 794. The van der Waals surface area contributed by atoms with Crippen LogP contribution in [-0.2, 0) is 6.42 Å². The monoisotopic (exact) mass is 341 g/mol. The minimum atomic E-state index is 0.497. The molecule has 1 aromatic heterocycles. The second-order valence-corrected chi connectivity index (χ2v) is 5.76. The summed E-state index contributed by atoms with van der Waals surface area (Å²) in [6.45, 7) is 2.13. The zero-order valence-electron chi connectivity index (χ0n) is 11.8. The third-order valence-electron chi connectivity index (χ3n) is 3.46. The number of halogens is 1. The van der Waals surface area contributed by atoms with Crippen LogP contribution in [0.3, 0.4) is 0 Å². The summed E-state index contributed by atoms with van der Waals surface area (Å²) < 4.78 is 0.813. The van der Waals surface area contributed by atoms with E-state index in [-0.39, 0.29) is 0 Å². The zero-order valence-corrected chi connectivity index (χ0v) is 13.4. The smallest absolute Gasteiger partial charge is 0.162 e. The Hall–Kier alpha value is -1.94. The van der Waals surface area contributed by atoms with Gasteiger partial charge in [-0.05, 0) is 33.1 Å². The summed E-state index contributed by atoms with van der Waals surface area (Å²) in [6.07, 6.45) is 1.90. The third kappa shape index (κ3) is 2.63. The molecule has 0 aliphatic rings. The minimum Gasteiger partial charge on any atom is -0.383 e. The van der Waals surface area contributed by atoms with E-state index in [1.807, 2.05) is 24.3 Å². The maximum absolute atomic E-state index is 6.04. The van der Waals surface area contributed by atoms with Crippen molar-refractivity contribution >= 4 is 32.5 Å². The number of aromatic nitrogens is 2. The van der Waals surface area contributed by atoms with E-state index in [1.54, 1.807) is 0 Å². The predicted molar refractivity (Wildman–Crippen MR) is 91.1 cm³/mol. The van der Waals surface area contributed by atoms with E-state index in [1.165, 1.54) is 5.39 Å². The molecule has 0 spiro atoms. The van der Waals surface area contributed by atoms with E-state index >= 15 is 0 Å². The SMILES string of the molecule is CCCc1nc(-c2cccc3ccccc23)nc(N)c1Br. The second kappa shape index (κ2) is 5.82. The molecule has 0 atom stereocenters. The molecule has 0 radical (unpaired) electrons. The molecule has 0 fully saturated rings. The highest BCUT2D eigenvalue weighted by molar-refractivity contribution is 9.10. The van der Waals surface area contributed by atoms with Crippen LogP contribution in [0.1, 0.15) is 19.0 Å². The maximum atomic E-state index is 6.04. The van der Waals surface area contributed by atoms with Gasteiger partial charge in [-0.25, -0.2) is 9.97 Å². The highest BCUT2D eigenvalue weighted by atomic mass is 79.9. The number of rotatable bonds is 3. The molecule has 4 heteroatoms. The molecule has 2 N–H and O–H groups in total. The first-order valence-electron chi connectivity index (χ1n) is 7.00. The van der Waals surface area contributed by atoms with Crippen molar-refractivity contribution in [2.45, 2.75) is 19.8 Å². The zero-order chi connectivity index (χ0) is 14.8. The molecule has 2 aromatic carbocycles. The van der Waals surface area contributed by atoms with Gasteiger partial charge in [-0.3, -0.25) is 0 Å². The molecule has 0 unspecified atom stereocenters. The molecule has 0 bridgehead atoms. The molecule has 0 aliphatic carbocycles. The average Bonchev–Trinajstić information content (AvgIpc) is 2.51. The maximum Gasteiger partial charge on any atom is 0.162 e. The summed E-state index contributed by atoms with van der Waals surface area (Å²) in [5.74, 6) is 1.19. The van der Waals surface area contributed by atoms with Crippen molar-refractivity contribution in [1.29, 1.82) is 0 Å². The number of hydrogen-bond acceptors (Lipinski definition) is 3. The Labute approximate surface area is 132 Å². The fraction of sp³-hybridized carbons (Fsp3) is 0.176. The summed E-state index contributed by atoms with van der Waals surface area (Å²) >= 11 is 3.49. The topological polar surface area (TPSA) is 51.8 Å². The Kier molecular flexibility index (Phi) is 3.88. The Morgan fingerprint density at radius 1 is 1.05 bits per heavy atom. The van der Waals surface area contributed by atoms with Gasteiger partial charge in [0, 0.05) is 5.56 Å². The molecule has 0 aliphatic heterocycles. The standard InChI is InChI=1S/C17H16BrN3/c1-2-6-14-15(18)16(19)21-17(20-14)13-10-5-8-11-7-3-4-9-12(11)13/h3-5,7-10H,2,6H2,1H3,(H2,19,20,21). The third-order valence-corrected chi connectivity index (χ3v) is 4.33. The molecule has 0 saturated heterocycles. The van der Waals surface area contributed by atoms with Gasteiger partial charge < -0.3 is 5.73 Å². The van der Waals surface area contributed by atoms with Crippen LogP contribution in [0, 0.1) is 0 Å². The molecule has 106 valence electrons. The van der Waals surface area contributed by atoms with E-state index in [0.29, 0.717) is 11.6 Å². The number of benzene rings is 2. The summed E-state index contributed by atoms with van der Waals surface area (Å²) in [6, 6.07) is 14.4. The van der Waals surface area contributed by atoms with E-state index in [2.05, 4.69) is 46.0 Å². The number of aryl methyl sites for hydroxylation is 1. The summed E-state index contributed by atoms with van der Waals surface area (Å²) in [7, 11) is 0. The fourth-order valence-corrected chi connectivity index (χ4v) is 2.83. The lowest BCUT2D eigenvalue weighted by atomic mass is 10.0. The van der Waals surface area contributed by atoms with Crippen molar-refractivity contribution in [2.24, 2.45) is 0 Å². The lowest BCUT2D eigenvalue weighted by molar-refractivity contribution is 0.870. The fourth-order valence-electron chi connectivity index (χ4n) is 2.46. The lowest BCUT2D eigenvalue weighted by Crippen LogP contribution is -2.03. The van der Waals surface area contributed by atoms with Gasteiger partial charge >= 0.3 is 0 Å². The van der Waals surface area contributed by atoms with Crippen LogP contribution in [0.4, 0.5) is 5.82 Å². The van der Waals surface area contributed by atoms with Crippen LogP contribution in [0.15, 0.2) is 46.9 Å². The van der Waals surface area contributed by atoms with E-state index < -0.39 is 0 Å². The van der Waals surface area contributed by atoms with Crippen LogP contribution in [0.25, 0.3) is 22.2 Å². The van der Waals surface area contributed by atoms with Crippen molar-refractivity contribution in [1.82, 2.24) is 9.97 Å². The molecule has 3 nitrogen and oxygen atoms in total. The Balaban J connectivity index is 2.23. The van der Waals surface area contributed by atoms with Crippen LogP contribution >= 0.6 is 15.9 Å². The first-order chi connectivity index (χ1) is 10.2. The molecule has 0 saturated carbocycles. The first kappa shape index (κ1) is 14.0. The number of nitrogens with zero attached hydrogens (tertiary/aromatic N) is 2. The summed E-state index contributed by atoms with van der Waals surface area (Å²) in [5.41, 5.74) is 8.02. The molecule has 21 heavy (non-hydrogen) atoms. The van der Waals surface area contributed by atoms with Crippen molar-refractivity contribution in [2.75, 3.05) is 5.73 Å². The molecule has 3 rings (SSSR count). The van der Waals surface area contributed by atoms with Gasteiger partial charge in [0.15, 0.2) is 5.82 Å². The molecule has 3 aromatic rings. The normalized spacial score (nSPS) is 11.0. The van der Waals surface area contributed by atoms with Gasteiger partial charge in [0.05, 0.1) is 10.2 Å². The molecular formula is C17H16BrN3. The van der Waals surface area contributed by atoms with Gasteiger partial charge in [-0.1, -0.05) is 55.8 Å². The summed E-state index contributed by atoms with van der Waals surface area (Å²) in [4.78, 5) is 9.16. The molecular weight excluding hydrogens is 326 g/mol. The first-order valence-corrected chi connectivity index (χ1v) is 7.80. The van der Waals surface area contributed by atoms with Crippen LogP contribution < -0.4 is 5.73 Å². The quantitative estimate of drug-likeness (QED) is 0.757. The van der Waals surface area contributed by atoms with Crippen LogP contribution in [0.5, 0.6) is 0 Å². The highest BCUT2D eigenvalue weighted by Crippen LogP contribution is 2.30. The number of hydrogen-bond donors (Lipinski definition) is 1. The van der Waals surface area contributed by atoms with Crippen molar-refractivity contribution < 1.29 is 0 Å². The number of fused-ring (bicyclic) bond motifs is 1. The molecule has 1 heterocycles. The Morgan fingerprint density at radius 3 is 2.62 bits per heavy atom. The van der Waals surface area contributed by atoms with Crippen molar-refractivity contribution in [3.8, 4) is 11.4 Å². The van der Waals surface area contributed by atoms with Crippen LogP contribution in [-0.4, -0.2) is 9.97 Å². The Morgan fingerprint density at radius 2 is 1.81 bits per heavy atom. The van der Waals surface area contributed by atoms with Gasteiger partial charge in [0.1, 0.15) is 5.82 Å². The largest absolute Gasteiger partial charge is 0.383 e. The van der Waals surface area contributed by atoms with Crippen molar-refractivity contribution in [3.63, 3.8) is 0 Å². The second-order valence-electron chi connectivity index (χ2n) is 4.97. The van der Waals surface area contributed by atoms with Gasteiger partial charge in [0.2, 0.25) is 0 Å². The number of anilines is 1. The number of nitrogen functional groups attached to an aromatic ring is 1. The van der Waals surface area contributed by atoms with Crippen molar-refractivity contribution in [3.05, 3.63) is 52.6 Å². The highest BCUT2D eigenvalue weighted by Gasteiger charge is 2.12. The van der Waals surface area contributed by atoms with E-state index in [9.17, 15) is 0 Å². The summed E-state index contributed by atoms with van der Waals surface area (Å²) in [5, 5.41) is 2.32. The van der Waals surface area contributed by atoms with Gasteiger partial charge in [-0.15, -0.1) is 0 Å².